The predicted molar refractivity (Wildman–Crippen MR) is 211 cm³/mol. The van der Waals surface area contributed by atoms with Gasteiger partial charge in [-0.1, -0.05) is 144 Å². The summed E-state index contributed by atoms with van der Waals surface area (Å²) in [6.07, 6.45) is 10.2. The zero-order valence-corrected chi connectivity index (χ0v) is 32.2. The van der Waals surface area contributed by atoms with Gasteiger partial charge in [0, 0.05) is 12.0 Å². The van der Waals surface area contributed by atoms with Crippen LogP contribution in [0.3, 0.4) is 0 Å². The van der Waals surface area contributed by atoms with Gasteiger partial charge in [-0.25, -0.2) is 9.59 Å². The highest BCUT2D eigenvalue weighted by atomic mass is 28.4. The molecular formula is C46H54O5Si. The molecule has 6 heteroatoms. The van der Waals surface area contributed by atoms with E-state index in [2.05, 4.69) is 101 Å². The highest BCUT2D eigenvalue weighted by Gasteiger charge is 2.55. The Balaban J connectivity index is 1.29. The van der Waals surface area contributed by atoms with Crippen LogP contribution in [-0.4, -0.2) is 38.6 Å². The number of fused-ring (bicyclic) bond motifs is 1. The third-order valence-electron chi connectivity index (χ3n) is 11.1. The van der Waals surface area contributed by atoms with Crippen LogP contribution >= 0.6 is 0 Å². The van der Waals surface area contributed by atoms with Crippen LogP contribution < -0.4 is 10.4 Å². The van der Waals surface area contributed by atoms with Crippen molar-refractivity contribution in [3.8, 4) is 0 Å². The smallest absolute Gasteiger partial charge is 0.338 e. The molecule has 2 fully saturated rings. The van der Waals surface area contributed by atoms with Gasteiger partial charge in [-0.3, -0.25) is 0 Å². The van der Waals surface area contributed by atoms with Crippen LogP contribution in [0.25, 0.3) is 0 Å². The first kappa shape index (κ1) is 37.5. The topological polar surface area (TPSA) is 61.8 Å². The number of benzene rings is 4. The molecule has 5 nitrogen and oxygen atoms in total. The van der Waals surface area contributed by atoms with Gasteiger partial charge in [0.25, 0.3) is 8.32 Å². The lowest BCUT2D eigenvalue weighted by molar-refractivity contribution is 0.0207. The summed E-state index contributed by atoms with van der Waals surface area (Å²) < 4.78 is 20.1. The molecule has 0 aliphatic heterocycles. The molecule has 0 spiro atoms. The molecule has 0 bridgehead atoms. The Labute approximate surface area is 311 Å². The SMILES string of the molecule is CCCCC[C@@H](/C=C/[C@@H]1[C@H]2C[C@@H](O[Si](c3ccccc3)(c3ccccc3)C(C)(C)C)C[C@H]2C[C@H]1OC(=O)c1ccccc1)OC(=O)c1ccccc1. The summed E-state index contributed by atoms with van der Waals surface area (Å²) in [6, 6.07) is 40.1. The molecule has 0 radical (unpaired) electrons. The molecule has 52 heavy (non-hydrogen) atoms. The minimum atomic E-state index is -2.74. The molecule has 2 aliphatic carbocycles. The third kappa shape index (κ3) is 8.51. The van der Waals surface area contributed by atoms with Crippen LogP contribution in [0.15, 0.2) is 133 Å². The summed E-state index contributed by atoms with van der Waals surface area (Å²) in [4.78, 5) is 26.6. The average Bonchev–Trinajstić information content (AvgIpc) is 3.70. The van der Waals surface area contributed by atoms with E-state index in [1.54, 1.807) is 12.1 Å². The van der Waals surface area contributed by atoms with Gasteiger partial charge in [-0.15, -0.1) is 0 Å². The Hall–Kier alpha value is -4.26. The predicted octanol–water partition coefficient (Wildman–Crippen LogP) is 9.57. The summed E-state index contributed by atoms with van der Waals surface area (Å²) in [7, 11) is -2.74. The van der Waals surface area contributed by atoms with E-state index in [1.165, 1.54) is 10.4 Å². The van der Waals surface area contributed by atoms with Crippen molar-refractivity contribution >= 4 is 30.6 Å². The largest absolute Gasteiger partial charge is 0.458 e. The molecule has 4 aromatic rings. The summed E-state index contributed by atoms with van der Waals surface area (Å²) in [6.45, 7) is 9.16. The lowest BCUT2D eigenvalue weighted by Gasteiger charge is -2.45. The molecule has 2 aliphatic rings. The Kier molecular flexibility index (Phi) is 12.3. The molecule has 0 unspecified atom stereocenters. The highest BCUT2D eigenvalue weighted by molar-refractivity contribution is 6.99. The summed E-state index contributed by atoms with van der Waals surface area (Å²) in [5.41, 5.74) is 1.11. The van der Waals surface area contributed by atoms with E-state index >= 15 is 0 Å². The van der Waals surface area contributed by atoms with E-state index in [-0.39, 0.29) is 47.1 Å². The first-order chi connectivity index (χ1) is 25.2. The first-order valence-corrected chi connectivity index (χ1v) is 21.1. The molecule has 6 rings (SSSR count). The van der Waals surface area contributed by atoms with Crippen LogP contribution in [0.5, 0.6) is 0 Å². The number of esters is 2. The van der Waals surface area contributed by atoms with Gasteiger partial charge in [-0.2, -0.15) is 0 Å². The maximum Gasteiger partial charge on any atom is 0.338 e. The van der Waals surface area contributed by atoms with Gasteiger partial charge in [0.2, 0.25) is 0 Å². The Morgan fingerprint density at radius 2 is 1.27 bits per heavy atom. The van der Waals surface area contributed by atoms with E-state index in [0.717, 1.165) is 44.9 Å². The zero-order chi connectivity index (χ0) is 36.6. The summed E-state index contributed by atoms with van der Waals surface area (Å²) in [5.74, 6) is -0.0117. The molecule has 0 N–H and O–H groups in total. The van der Waals surface area contributed by atoms with Crippen molar-refractivity contribution in [2.75, 3.05) is 0 Å². The second-order valence-corrected chi connectivity index (χ2v) is 19.9. The number of hydrogen-bond donors (Lipinski definition) is 0. The molecule has 0 heterocycles. The molecule has 0 aromatic heterocycles. The van der Waals surface area contributed by atoms with Crippen molar-refractivity contribution in [2.24, 2.45) is 17.8 Å². The Morgan fingerprint density at radius 3 is 1.81 bits per heavy atom. The van der Waals surface area contributed by atoms with Gasteiger partial charge in [0.15, 0.2) is 0 Å². The van der Waals surface area contributed by atoms with Gasteiger partial charge < -0.3 is 13.9 Å². The van der Waals surface area contributed by atoms with Crippen molar-refractivity contribution in [1.29, 1.82) is 0 Å². The van der Waals surface area contributed by atoms with Crippen molar-refractivity contribution in [1.82, 2.24) is 0 Å². The minimum absolute atomic E-state index is 0.0190. The lowest BCUT2D eigenvalue weighted by Crippen LogP contribution is -2.67. The van der Waals surface area contributed by atoms with E-state index in [9.17, 15) is 9.59 Å². The first-order valence-electron chi connectivity index (χ1n) is 19.2. The van der Waals surface area contributed by atoms with E-state index in [4.69, 9.17) is 13.9 Å². The van der Waals surface area contributed by atoms with Crippen LogP contribution in [0.2, 0.25) is 5.04 Å². The van der Waals surface area contributed by atoms with Crippen LogP contribution in [0.4, 0.5) is 0 Å². The number of unbranched alkanes of at least 4 members (excludes halogenated alkanes) is 2. The Morgan fingerprint density at radius 1 is 0.731 bits per heavy atom. The van der Waals surface area contributed by atoms with E-state index in [0.29, 0.717) is 17.0 Å². The number of rotatable bonds is 14. The zero-order valence-electron chi connectivity index (χ0n) is 31.2. The fourth-order valence-electron chi connectivity index (χ4n) is 8.61. The fraction of sp³-hybridized carbons (Fsp3) is 0.391. The number of hydrogen-bond acceptors (Lipinski definition) is 5. The number of ether oxygens (including phenoxy) is 2. The maximum atomic E-state index is 13.4. The van der Waals surface area contributed by atoms with E-state index in [1.807, 2.05) is 48.5 Å². The molecular weight excluding hydrogens is 661 g/mol. The van der Waals surface area contributed by atoms with Crippen molar-refractivity contribution in [3.63, 3.8) is 0 Å². The van der Waals surface area contributed by atoms with Crippen molar-refractivity contribution in [3.05, 3.63) is 145 Å². The van der Waals surface area contributed by atoms with Gasteiger partial charge in [0.05, 0.1) is 11.1 Å². The Bertz CT molecular complexity index is 1710. The average molecular weight is 715 g/mol. The molecule has 4 aromatic carbocycles. The number of carbonyl (C=O) groups is 2. The fourth-order valence-corrected chi connectivity index (χ4v) is 13.3. The highest BCUT2D eigenvalue weighted by Crippen LogP contribution is 2.52. The molecule has 2 saturated carbocycles. The molecule has 0 amide bonds. The third-order valence-corrected chi connectivity index (χ3v) is 16.2. The van der Waals surface area contributed by atoms with E-state index < -0.39 is 8.32 Å². The van der Waals surface area contributed by atoms with Gasteiger partial charge in [-0.05, 0) is 89.7 Å². The second-order valence-electron chi connectivity index (χ2n) is 15.6. The van der Waals surface area contributed by atoms with Crippen LogP contribution in [0.1, 0.15) is 93.4 Å². The number of carbonyl (C=O) groups excluding carboxylic acids is 2. The normalized spacial score (nSPS) is 22.2. The molecule has 6 atom stereocenters. The van der Waals surface area contributed by atoms with Gasteiger partial charge >= 0.3 is 11.9 Å². The van der Waals surface area contributed by atoms with Crippen molar-refractivity contribution in [2.45, 2.75) is 96.0 Å². The summed E-state index contributed by atoms with van der Waals surface area (Å²) >= 11 is 0. The molecule has 0 saturated heterocycles. The van der Waals surface area contributed by atoms with Gasteiger partial charge in [0.1, 0.15) is 12.2 Å². The monoisotopic (exact) mass is 714 g/mol. The second kappa shape index (κ2) is 17.0. The maximum absolute atomic E-state index is 13.4. The quantitative estimate of drug-likeness (QED) is 0.0564. The van der Waals surface area contributed by atoms with Crippen molar-refractivity contribution < 1.29 is 23.5 Å². The minimum Gasteiger partial charge on any atom is -0.458 e. The summed E-state index contributed by atoms with van der Waals surface area (Å²) in [5, 5.41) is 2.45. The lowest BCUT2D eigenvalue weighted by atomic mass is 9.90. The standard InChI is InChI=1S/C46H54O5Si/c1-5-6-11-24-37(49-44(47)34-20-12-7-13-21-34)29-30-41-42-33-38(31-36(42)32-43(41)50-45(48)35-22-14-8-15-23-35)51-52(46(2,3)4,39-25-16-9-17-26-39)40-27-18-10-19-28-40/h7-10,12-23,25-30,36-38,41-43H,5-6,11,24,31-33H2,1-4H3/b30-29+/t36-,37-,38-,41+,42-,43+/m0/s1. The van der Waals surface area contributed by atoms with Crippen LogP contribution in [-0.2, 0) is 13.9 Å². The molecule has 272 valence electrons. The van der Waals surface area contributed by atoms with Crippen LogP contribution in [0, 0.1) is 17.8 Å².